The molecule has 1 rings (SSSR count). The molecule has 0 saturated carbocycles. The van der Waals surface area contributed by atoms with Crippen LogP contribution in [-0.4, -0.2) is 24.3 Å². The first-order chi connectivity index (χ1) is 8.27. The fraction of sp³-hybridized carbons (Fsp3) is 0.417. The van der Waals surface area contributed by atoms with Gasteiger partial charge in [-0.1, -0.05) is 19.1 Å². The molecule has 1 aromatic carbocycles. The van der Waals surface area contributed by atoms with Gasteiger partial charge in [0.05, 0.1) is 12.7 Å². The van der Waals surface area contributed by atoms with Crippen LogP contribution in [0.25, 0.3) is 0 Å². The summed E-state index contributed by atoms with van der Waals surface area (Å²) in [7, 11) is 1.13. The Morgan fingerprint density at radius 2 is 1.78 bits per heavy atom. The summed E-state index contributed by atoms with van der Waals surface area (Å²) in [5, 5.41) is 9.57. The number of esters is 1. The Kier molecular flexibility index (Phi) is 4.34. The van der Waals surface area contributed by atoms with Crippen LogP contribution in [0.4, 0.5) is 13.2 Å². The fourth-order valence-electron chi connectivity index (χ4n) is 1.48. The standard InChI is InChI=1S/C12H13F3O3/c1-7(10(16)11(17)18-2)8-3-5-9(6-4-8)12(13,14)15/h3-7,10,16H,1-2H3. The zero-order valence-corrected chi connectivity index (χ0v) is 9.86. The van der Waals surface area contributed by atoms with Gasteiger partial charge in [-0.25, -0.2) is 4.79 Å². The predicted octanol–water partition coefficient (Wildman–Crippen LogP) is 2.34. The van der Waals surface area contributed by atoms with Crippen LogP contribution in [0.3, 0.4) is 0 Å². The van der Waals surface area contributed by atoms with E-state index in [-0.39, 0.29) is 0 Å². The molecule has 3 nitrogen and oxygen atoms in total. The quantitative estimate of drug-likeness (QED) is 0.850. The van der Waals surface area contributed by atoms with Gasteiger partial charge < -0.3 is 9.84 Å². The van der Waals surface area contributed by atoms with Crippen molar-refractivity contribution in [1.29, 1.82) is 0 Å². The molecule has 100 valence electrons. The molecule has 0 aliphatic carbocycles. The number of hydrogen-bond acceptors (Lipinski definition) is 3. The molecule has 1 N–H and O–H groups in total. The van der Waals surface area contributed by atoms with Crippen molar-refractivity contribution in [2.75, 3.05) is 7.11 Å². The highest BCUT2D eigenvalue weighted by molar-refractivity contribution is 5.75. The van der Waals surface area contributed by atoms with Gasteiger partial charge in [0.2, 0.25) is 0 Å². The Labute approximate surface area is 102 Å². The van der Waals surface area contributed by atoms with Crippen LogP contribution in [-0.2, 0) is 15.7 Å². The van der Waals surface area contributed by atoms with Gasteiger partial charge in [-0.15, -0.1) is 0 Å². The summed E-state index contributed by atoms with van der Waals surface area (Å²) < 4.78 is 41.4. The smallest absolute Gasteiger partial charge is 0.416 e. The molecule has 2 unspecified atom stereocenters. The molecular weight excluding hydrogens is 249 g/mol. The number of hydrogen-bond donors (Lipinski definition) is 1. The van der Waals surface area contributed by atoms with Crippen molar-refractivity contribution in [1.82, 2.24) is 0 Å². The largest absolute Gasteiger partial charge is 0.467 e. The normalized spacial score (nSPS) is 15.0. The number of aliphatic hydroxyl groups is 1. The molecular formula is C12H13F3O3. The van der Waals surface area contributed by atoms with E-state index in [0.717, 1.165) is 19.2 Å². The van der Waals surface area contributed by atoms with Crippen molar-refractivity contribution < 1.29 is 27.8 Å². The van der Waals surface area contributed by atoms with E-state index in [0.29, 0.717) is 5.56 Å². The molecule has 6 heteroatoms. The second kappa shape index (κ2) is 5.39. The van der Waals surface area contributed by atoms with E-state index >= 15 is 0 Å². The highest BCUT2D eigenvalue weighted by Gasteiger charge is 2.31. The minimum atomic E-state index is -4.40. The topological polar surface area (TPSA) is 46.5 Å². The second-order valence-corrected chi connectivity index (χ2v) is 3.88. The highest BCUT2D eigenvalue weighted by atomic mass is 19.4. The van der Waals surface area contributed by atoms with Crippen LogP contribution in [0.5, 0.6) is 0 Å². The second-order valence-electron chi connectivity index (χ2n) is 3.88. The number of carbonyl (C=O) groups is 1. The summed E-state index contributed by atoms with van der Waals surface area (Å²) in [5.74, 6) is -1.46. The first-order valence-electron chi connectivity index (χ1n) is 5.20. The molecule has 0 radical (unpaired) electrons. The summed E-state index contributed by atoms with van der Waals surface area (Å²) >= 11 is 0. The molecule has 0 bridgehead atoms. The van der Waals surface area contributed by atoms with Gasteiger partial charge in [0.1, 0.15) is 0 Å². The van der Waals surface area contributed by atoms with Gasteiger partial charge in [-0.3, -0.25) is 0 Å². The Hall–Kier alpha value is -1.56. The lowest BCUT2D eigenvalue weighted by atomic mass is 9.94. The van der Waals surface area contributed by atoms with Crippen molar-refractivity contribution >= 4 is 5.97 Å². The van der Waals surface area contributed by atoms with E-state index < -0.39 is 29.7 Å². The SMILES string of the molecule is COC(=O)C(O)C(C)c1ccc(C(F)(F)F)cc1. The zero-order valence-electron chi connectivity index (χ0n) is 9.86. The highest BCUT2D eigenvalue weighted by Crippen LogP contribution is 2.30. The molecule has 2 atom stereocenters. The molecule has 0 heterocycles. The average molecular weight is 262 g/mol. The molecule has 0 aromatic heterocycles. The van der Waals surface area contributed by atoms with E-state index in [2.05, 4.69) is 4.74 Å². The lowest BCUT2D eigenvalue weighted by Gasteiger charge is -2.17. The van der Waals surface area contributed by atoms with E-state index in [4.69, 9.17) is 0 Å². The number of methoxy groups -OCH3 is 1. The molecule has 0 amide bonds. The summed E-state index contributed by atoms with van der Waals surface area (Å²) in [6.07, 6.45) is -5.80. The van der Waals surface area contributed by atoms with Crippen molar-refractivity contribution in [3.63, 3.8) is 0 Å². The van der Waals surface area contributed by atoms with Crippen LogP contribution in [0, 0.1) is 0 Å². The van der Waals surface area contributed by atoms with Gasteiger partial charge in [-0.05, 0) is 17.7 Å². The van der Waals surface area contributed by atoms with Crippen molar-refractivity contribution in [3.8, 4) is 0 Å². The number of halogens is 3. The average Bonchev–Trinajstić information content (AvgIpc) is 2.35. The molecule has 0 saturated heterocycles. The molecule has 0 aliphatic rings. The van der Waals surface area contributed by atoms with Crippen LogP contribution in [0.1, 0.15) is 24.0 Å². The number of ether oxygens (including phenoxy) is 1. The minimum absolute atomic E-state index is 0.431. The van der Waals surface area contributed by atoms with Gasteiger partial charge in [0.15, 0.2) is 6.10 Å². The Morgan fingerprint density at radius 1 is 1.28 bits per heavy atom. The van der Waals surface area contributed by atoms with Crippen LogP contribution in [0.15, 0.2) is 24.3 Å². The number of carbonyl (C=O) groups excluding carboxylic acids is 1. The Balaban J connectivity index is 2.89. The third-order valence-electron chi connectivity index (χ3n) is 2.68. The van der Waals surface area contributed by atoms with E-state index in [1.165, 1.54) is 19.1 Å². The fourth-order valence-corrected chi connectivity index (χ4v) is 1.48. The van der Waals surface area contributed by atoms with Gasteiger partial charge in [0, 0.05) is 5.92 Å². The van der Waals surface area contributed by atoms with Crippen LogP contribution in [0.2, 0.25) is 0 Å². The van der Waals surface area contributed by atoms with Crippen LogP contribution < -0.4 is 0 Å². The van der Waals surface area contributed by atoms with Crippen molar-refractivity contribution in [3.05, 3.63) is 35.4 Å². The first-order valence-corrected chi connectivity index (χ1v) is 5.20. The lowest BCUT2D eigenvalue weighted by molar-refractivity contribution is -0.151. The van der Waals surface area contributed by atoms with E-state index in [1.54, 1.807) is 0 Å². The third kappa shape index (κ3) is 3.22. The molecule has 1 aromatic rings. The summed E-state index contributed by atoms with van der Waals surface area (Å²) in [5.41, 5.74) is -0.341. The van der Waals surface area contributed by atoms with Crippen LogP contribution >= 0.6 is 0 Å². The maximum absolute atomic E-state index is 12.3. The van der Waals surface area contributed by atoms with Gasteiger partial charge in [0.25, 0.3) is 0 Å². The van der Waals surface area contributed by atoms with Gasteiger partial charge in [-0.2, -0.15) is 13.2 Å². The number of alkyl halides is 3. The molecule has 0 aliphatic heterocycles. The third-order valence-corrected chi connectivity index (χ3v) is 2.68. The number of rotatable bonds is 3. The van der Waals surface area contributed by atoms with E-state index in [9.17, 15) is 23.1 Å². The zero-order chi connectivity index (χ0) is 13.9. The number of aliphatic hydroxyl groups excluding tert-OH is 1. The van der Waals surface area contributed by atoms with Gasteiger partial charge >= 0.3 is 12.1 Å². The molecule has 0 spiro atoms. The van der Waals surface area contributed by atoms with E-state index in [1.807, 2.05) is 0 Å². The summed E-state index contributed by atoms with van der Waals surface area (Å²) in [4.78, 5) is 11.1. The predicted molar refractivity (Wildman–Crippen MR) is 57.9 cm³/mol. The first kappa shape index (κ1) is 14.5. The maximum Gasteiger partial charge on any atom is 0.416 e. The Morgan fingerprint density at radius 3 is 2.17 bits per heavy atom. The maximum atomic E-state index is 12.3. The minimum Gasteiger partial charge on any atom is -0.467 e. The summed E-state index contributed by atoms with van der Waals surface area (Å²) in [6, 6.07) is 4.30. The monoisotopic (exact) mass is 262 g/mol. The lowest BCUT2D eigenvalue weighted by Crippen LogP contribution is -2.27. The van der Waals surface area contributed by atoms with Crippen molar-refractivity contribution in [2.24, 2.45) is 0 Å². The molecule has 0 fully saturated rings. The molecule has 18 heavy (non-hydrogen) atoms. The Bertz CT molecular complexity index is 412. The summed E-state index contributed by atoms with van der Waals surface area (Å²) in [6.45, 7) is 1.53. The van der Waals surface area contributed by atoms with Crippen molar-refractivity contribution in [2.45, 2.75) is 25.1 Å². The number of benzene rings is 1.